The maximum absolute atomic E-state index is 11.2. The molecule has 1 heterocycles. The number of carboxylic acids is 1. The van der Waals surface area contributed by atoms with Crippen molar-refractivity contribution in [1.29, 1.82) is 0 Å². The molecule has 17 heavy (non-hydrogen) atoms. The zero-order valence-electron chi connectivity index (χ0n) is 9.47. The van der Waals surface area contributed by atoms with Crippen molar-refractivity contribution in [3.8, 4) is 0 Å². The predicted octanol–water partition coefficient (Wildman–Crippen LogP) is 2.13. The molecular formula is C11H14N2O4. The largest absolute Gasteiger partial charge is 0.478 e. The molecule has 0 aromatic carbocycles. The third-order valence-corrected chi connectivity index (χ3v) is 1.97. The molecule has 6 heteroatoms. The van der Waals surface area contributed by atoms with Crippen LogP contribution >= 0.6 is 0 Å². The van der Waals surface area contributed by atoms with E-state index in [0.717, 1.165) is 12.8 Å². The van der Waals surface area contributed by atoms with Gasteiger partial charge in [-0.3, -0.25) is 5.32 Å². The Morgan fingerprint density at radius 3 is 2.76 bits per heavy atom. The minimum atomic E-state index is -1.06. The fourth-order valence-electron chi connectivity index (χ4n) is 1.04. The molecule has 1 aromatic heterocycles. The summed E-state index contributed by atoms with van der Waals surface area (Å²) in [6.45, 7) is 2.35. The summed E-state index contributed by atoms with van der Waals surface area (Å²) < 4.78 is 4.86. The van der Waals surface area contributed by atoms with E-state index < -0.39 is 12.1 Å². The number of hydrogen-bond acceptors (Lipinski definition) is 4. The Bertz CT molecular complexity index is 389. The van der Waals surface area contributed by atoms with Crippen molar-refractivity contribution in [2.45, 2.75) is 19.8 Å². The summed E-state index contributed by atoms with van der Waals surface area (Å²) in [4.78, 5) is 25.5. The molecule has 0 unspecified atom stereocenters. The highest BCUT2D eigenvalue weighted by atomic mass is 16.5. The van der Waals surface area contributed by atoms with Crippen molar-refractivity contribution in [3.63, 3.8) is 0 Å². The number of carboxylic acid groups (broad SMARTS) is 1. The number of hydrogen-bond donors (Lipinski definition) is 2. The lowest BCUT2D eigenvalue weighted by Gasteiger charge is -2.05. The van der Waals surface area contributed by atoms with E-state index in [2.05, 4.69) is 10.3 Å². The Kier molecular flexibility index (Phi) is 4.93. The Hall–Kier alpha value is -2.11. The summed E-state index contributed by atoms with van der Waals surface area (Å²) in [5, 5.41) is 11.1. The summed E-state index contributed by atoms with van der Waals surface area (Å²) in [5.74, 6) is -0.800. The first-order valence-electron chi connectivity index (χ1n) is 5.26. The zero-order chi connectivity index (χ0) is 12.7. The van der Waals surface area contributed by atoms with Crippen molar-refractivity contribution >= 4 is 17.9 Å². The highest BCUT2D eigenvalue weighted by molar-refractivity contribution is 5.88. The molecule has 0 aliphatic carbocycles. The molecule has 0 saturated carbocycles. The Balaban J connectivity index is 2.46. The number of anilines is 1. The standard InChI is InChI=1S/C11H14N2O4/c1-2-3-6-17-11(16)13-9-5-4-8(7-12-9)10(14)15/h4-5,7H,2-3,6H2,1H3,(H,14,15)(H,12,13,16). The lowest BCUT2D eigenvalue weighted by molar-refractivity contribution is 0.0696. The number of rotatable bonds is 5. The Morgan fingerprint density at radius 2 is 2.24 bits per heavy atom. The molecule has 0 saturated heterocycles. The van der Waals surface area contributed by atoms with Gasteiger partial charge in [-0.15, -0.1) is 0 Å². The SMILES string of the molecule is CCCCOC(=O)Nc1ccc(C(=O)O)cn1. The Labute approximate surface area is 98.6 Å². The van der Waals surface area contributed by atoms with Crippen molar-refractivity contribution in [2.24, 2.45) is 0 Å². The van der Waals surface area contributed by atoms with E-state index in [1.54, 1.807) is 0 Å². The van der Waals surface area contributed by atoms with E-state index in [1.807, 2.05) is 6.92 Å². The van der Waals surface area contributed by atoms with Crippen LogP contribution in [-0.4, -0.2) is 28.8 Å². The van der Waals surface area contributed by atoms with Gasteiger partial charge in [0.2, 0.25) is 0 Å². The number of carbonyl (C=O) groups is 2. The molecule has 92 valence electrons. The number of carbonyl (C=O) groups excluding carboxylic acids is 1. The summed E-state index contributed by atoms with van der Waals surface area (Å²) >= 11 is 0. The molecule has 0 spiro atoms. The van der Waals surface area contributed by atoms with Gasteiger partial charge in [0, 0.05) is 6.20 Å². The van der Waals surface area contributed by atoms with Gasteiger partial charge in [0.1, 0.15) is 5.82 Å². The number of aromatic carboxylic acids is 1. The van der Waals surface area contributed by atoms with Crippen LogP contribution in [0, 0.1) is 0 Å². The minimum absolute atomic E-state index is 0.0647. The van der Waals surface area contributed by atoms with Crippen LogP contribution in [-0.2, 0) is 4.74 Å². The van der Waals surface area contributed by atoms with E-state index in [4.69, 9.17) is 9.84 Å². The van der Waals surface area contributed by atoms with Gasteiger partial charge in [-0.1, -0.05) is 13.3 Å². The first kappa shape index (κ1) is 13.0. The summed E-state index contributed by atoms with van der Waals surface area (Å²) in [6.07, 6.45) is 2.33. The summed E-state index contributed by atoms with van der Waals surface area (Å²) in [5.41, 5.74) is 0.0647. The molecular weight excluding hydrogens is 224 g/mol. The molecule has 0 atom stereocenters. The van der Waals surface area contributed by atoms with Crippen molar-refractivity contribution in [1.82, 2.24) is 4.98 Å². The van der Waals surface area contributed by atoms with Crippen molar-refractivity contribution < 1.29 is 19.4 Å². The quantitative estimate of drug-likeness (QED) is 0.767. The molecule has 1 amide bonds. The number of nitrogens with zero attached hydrogens (tertiary/aromatic N) is 1. The normalized spacial score (nSPS) is 9.71. The second-order valence-corrected chi connectivity index (χ2v) is 3.35. The number of pyridine rings is 1. The molecule has 0 radical (unpaired) electrons. The molecule has 2 N–H and O–H groups in total. The van der Waals surface area contributed by atoms with E-state index >= 15 is 0 Å². The second-order valence-electron chi connectivity index (χ2n) is 3.35. The van der Waals surface area contributed by atoms with Gasteiger partial charge in [0.25, 0.3) is 0 Å². The fourth-order valence-corrected chi connectivity index (χ4v) is 1.04. The lowest BCUT2D eigenvalue weighted by Crippen LogP contribution is -2.15. The average molecular weight is 238 g/mol. The number of nitrogens with one attached hydrogen (secondary N) is 1. The van der Waals surface area contributed by atoms with Crippen LogP contribution in [0.25, 0.3) is 0 Å². The van der Waals surface area contributed by atoms with Crippen LogP contribution in [0.5, 0.6) is 0 Å². The van der Waals surface area contributed by atoms with Gasteiger partial charge in [0.15, 0.2) is 0 Å². The van der Waals surface area contributed by atoms with E-state index in [0.29, 0.717) is 6.61 Å². The maximum Gasteiger partial charge on any atom is 0.412 e. The minimum Gasteiger partial charge on any atom is -0.478 e. The third-order valence-electron chi connectivity index (χ3n) is 1.97. The molecule has 1 rings (SSSR count). The van der Waals surface area contributed by atoms with E-state index in [1.165, 1.54) is 18.3 Å². The van der Waals surface area contributed by atoms with Gasteiger partial charge in [-0.05, 0) is 18.6 Å². The van der Waals surface area contributed by atoms with E-state index in [9.17, 15) is 9.59 Å². The van der Waals surface area contributed by atoms with Gasteiger partial charge in [-0.2, -0.15) is 0 Å². The first-order valence-corrected chi connectivity index (χ1v) is 5.26. The Morgan fingerprint density at radius 1 is 1.47 bits per heavy atom. The number of aromatic nitrogens is 1. The highest BCUT2D eigenvalue weighted by Crippen LogP contribution is 2.05. The molecule has 0 aliphatic rings. The fraction of sp³-hybridized carbons (Fsp3) is 0.364. The van der Waals surface area contributed by atoms with E-state index in [-0.39, 0.29) is 11.4 Å². The number of unbranched alkanes of at least 4 members (excludes halogenated alkanes) is 1. The third kappa shape index (κ3) is 4.50. The van der Waals surface area contributed by atoms with Gasteiger partial charge in [0.05, 0.1) is 12.2 Å². The molecule has 1 aromatic rings. The molecule has 0 bridgehead atoms. The topological polar surface area (TPSA) is 88.5 Å². The first-order chi connectivity index (χ1) is 8.13. The number of amides is 1. The van der Waals surface area contributed by atoms with Crippen LogP contribution < -0.4 is 5.32 Å². The summed E-state index contributed by atoms with van der Waals surface area (Å²) in [6, 6.07) is 2.77. The summed E-state index contributed by atoms with van der Waals surface area (Å²) in [7, 11) is 0. The van der Waals surface area contributed by atoms with Crippen LogP contribution in [0.2, 0.25) is 0 Å². The van der Waals surface area contributed by atoms with Crippen LogP contribution in [0.3, 0.4) is 0 Å². The zero-order valence-corrected chi connectivity index (χ0v) is 9.47. The molecule has 0 aliphatic heterocycles. The predicted molar refractivity (Wildman–Crippen MR) is 61.1 cm³/mol. The van der Waals surface area contributed by atoms with Gasteiger partial charge >= 0.3 is 12.1 Å². The number of ether oxygens (including phenoxy) is 1. The van der Waals surface area contributed by atoms with Crippen LogP contribution in [0.1, 0.15) is 30.1 Å². The van der Waals surface area contributed by atoms with Gasteiger partial charge < -0.3 is 9.84 Å². The van der Waals surface area contributed by atoms with Crippen molar-refractivity contribution in [3.05, 3.63) is 23.9 Å². The second kappa shape index (κ2) is 6.47. The van der Waals surface area contributed by atoms with Crippen LogP contribution in [0.4, 0.5) is 10.6 Å². The maximum atomic E-state index is 11.2. The smallest absolute Gasteiger partial charge is 0.412 e. The lowest BCUT2D eigenvalue weighted by atomic mass is 10.3. The monoisotopic (exact) mass is 238 g/mol. The van der Waals surface area contributed by atoms with Crippen molar-refractivity contribution in [2.75, 3.05) is 11.9 Å². The van der Waals surface area contributed by atoms with Crippen LogP contribution in [0.15, 0.2) is 18.3 Å². The molecule has 6 nitrogen and oxygen atoms in total. The molecule has 0 fully saturated rings. The van der Waals surface area contributed by atoms with Gasteiger partial charge in [-0.25, -0.2) is 14.6 Å². The average Bonchev–Trinajstić information content (AvgIpc) is 2.30. The highest BCUT2D eigenvalue weighted by Gasteiger charge is 2.06.